The average Bonchev–Trinajstić information content (AvgIpc) is 3.64. The van der Waals surface area contributed by atoms with Crippen LogP contribution in [-0.2, 0) is 11.2 Å². The summed E-state index contributed by atoms with van der Waals surface area (Å²) in [6, 6.07) is 12.5. The van der Waals surface area contributed by atoms with Crippen LogP contribution in [0.2, 0.25) is 0 Å². The standard InChI is InChI=1S/C33H43N7O2/c34-15-11-33(42)39-21-19-38(20-22-39)29-4-2-5-30-28(29)14-18-40(30)32-12-16-35-31(36-32)6-1-3-25-7-9-26(10-8-25)23-37-17-13-27(41)24-37/h2,4-5,12,14,16,18,25-27,41H,1,3,6-11,13,17,19-24H2. The quantitative estimate of drug-likeness (QED) is 0.413. The first-order valence-corrected chi connectivity index (χ1v) is 15.8. The minimum Gasteiger partial charge on any atom is -0.392 e. The van der Waals surface area contributed by atoms with Crippen molar-refractivity contribution in [3.8, 4) is 11.9 Å². The summed E-state index contributed by atoms with van der Waals surface area (Å²) in [5.41, 5.74) is 2.28. The van der Waals surface area contributed by atoms with Gasteiger partial charge in [0.15, 0.2) is 0 Å². The van der Waals surface area contributed by atoms with E-state index in [0.717, 1.165) is 74.4 Å². The van der Waals surface area contributed by atoms with Gasteiger partial charge in [-0.3, -0.25) is 4.79 Å². The number of aryl methyl sites for hydroxylation is 1. The molecule has 1 amide bonds. The van der Waals surface area contributed by atoms with Crippen LogP contribution in [0.15, 0.2) is 42.7 Å². The van der Waals surface area contributed by atoms with Crippen LogP contribution in [0.5, 0.6) is 0 Å². The molecule has 2 aromatic heterocycles. The lowest BCUT2D eigenvalue weighted by atomic mass is 9.79. The number of aliphatic hydroxyl groups is 1. The predicted molar refractivity (Wildman–Crippen MR) is 163 cm³/mol. The Labute approximate surface area is 248 Å². The van der Waals surface area contributed by atoms with E-state index in [-0.39, 0.29) is 18.4 Å². The van der Waals surface area contributed by atoms with Gasteiger partial charge in [0.2, 0.25) is 5.91 Å². The van der Waals surface area contributed by atoms with E-state index in [0.29, 0.717) is 13.1 Å². The molecule has 9 nitrogen and oxygen atoms in total. The van der Waals surface area contributed by atoms with Gasteiger partial charge in [0, 0.05) is 75.7 Å². The van der Waals surface area contributed by atoms with Crippen LogP contribution in [0.25, 0.3) is 16.7 Å². The summed E-state index contributed by atoms with van der Waals surface area (Å²) < 4.78 is 2.15. The molecule has 0 spiro atoms. The van der Waals surface area contributed by atoms with Gasteiger partial charge in [-0.2, -0.15) is 5.26 Å². The molecular weight excluding hydrogens is 526 g/mol. The lowest BCUT2D eigenvalue weighted by Gasteiger charge is -2.36. The Morgan fingerprint density at radius 2 is 1.81 bits per heavy atom. The number of likely N-dealkylation sites (tertiary alicyclic amines) is 1. The van der Waals surface area contributed by atoms with Gasteiger partial charge in [0.25, 0.3) is 0 Å². The lowest BCUT2D eigenvalue weighted by Crippen LogP contribution is -2.48. The normalized spacial score (nSPS) is 23.4. The summed E-state index contributed by atoms with van der Waals surface area (Å²) in [4.78, 5) is 28.3. The molecule has 42 heavy (non-hydrogen) atoms. The van der Waals surface area contributed by atoms with E-state index < -0.39 is 0 Å². The zero-order valence-electron chi connectivity index (χ0n) is 24.6. The fourth-order valence-electron chi connectivity index (χ4n) is 7.24. The summed E-state index contributed by atoms with van der Waals surface area (Å²) in [6.07, 6.45) is 13.3. The first-order valence-electron chi connectivity index (χ1n) is 15.8. The molecule has 3 fully saturated rings. The van der Waals surface area contributed by atoms with Crippen LogP contribution in [-0.4, -0.2) is 87.3 Å². The molecule has 1 atom stereocenters. The molecule has 0 radical (unpaired) electrons. The molecule has 3 aromatic rings. The Balaban J connectivity index is 1.03. The number of nitriles is 1. The molecule has 3 aliphatic rings. The van der Waals surface area contributed by atoms with Gasteiger partial charge in [-0.05, 0) is 61.8 Å². The second-order valence-corrected chi connectivity index (χ2v) is 12.4. The van der Waals surface area contributed by atoms with Gasteiger partial charge in [0.1, 0.15) is 18.1 Å². The van der Waals surface area contributed by atoms with Crippen molar-refractivity contribution in [1.29, 1.82) is 5.26 Å². The molecular formula is C33H43N7O2. The number of hydrogen-bond donors (Lipinski definition) is 1. The number of carbonyl (C=O) groups excluding carboxylic acids is 1. The van der Waals surface area contributed by atoms with E-state index in [1.54, 1.807) is 4.90 Å². The van der Waals surface area contributed by atoms with Gasteiger partial charge in [-0.1, -0.05) is 25.3 Å². The molecule has 2 saturated heterocycles. The first-order chi connectivity index (χ1) is 20.6. The van der Waals surface area contributed by atoms with Crippen molar-refractivity contribution >= 4 is 22.5 Å². The van der Waals surface area contributed by atoms with Crippen molar-refractivity contribution in [1.82, 2.24) is 24.3 Å². The van der Waals surface area contributed by atoms with E-state index in [9.17, 15) is 9.90 Å². The van der Waals surface area contributed by atoms with Crippen molar-refractivity contribution in [2.75, 3.05) is 50.7 Å². The summed E-state index contributed by atoms with van der Waals surface area (Å²) in [7, 11) is 0. The first kappa shape index (κ1) is 28.6. The Morgan fingerprint density at radius 3 is 2.57 bits per heavy atom. The topological polar surface area (TPSA) is 102 Å². The highest BCUT2D eigenvalue weighted by atomic mass is 16.3. The van der Waals surface area contributed by atoms with Gasteiger partial charge >= 0.3 is 0 Å². The Bertz CT molecular complexity index is 1400. The number of hydrogen-bond acceptors (Lipinski definition) is 7. The van der Waals surface area contributed by atoms with Crippen LogP contribution in [0, 0.1) is 23.2 Å². The highest BCUT2D eigenvalue weighted by Gasteiger charge is 2.27. The average molecular weight is 570 g/mol. The third-order valence-electron chi connectivity index (χ3n) is 9.59. The molecule has 222 valence electrons. The summed E-state index contributed by atoms with van der Waals surface area (Å²) in [5, 5.41) is 19.8. The molecule has 9 heteroatoms. The molecule has 1 aliphatic carbocycles. The van der Waals surface area contributed by atoms with Crippen LogP contribution in [0.4, 0.5) is 5.69 Å². The fourth-order valence-corrected chi connectivity index (χ4v) is 7.24. The molecule has 6 rings (SSSR count). The molecule has 1 unspecified atom stereocenters. The number of piperazine rings is 1. The van der Waals surface area contributed by atoms with Crippen molar-refractivity contribution in [3.63, 3.8) is 0 Å². The number of benzene rings is 1. The Kier molecular flexibility index (Phi) is 9.01. The number of carbonyl (C=O) groups is 1. The lowest BCUT2D eigenvalue weighted by molar-refractivity contribution is -0.130. The third kappa shape index (κ3) is 6.61. The number of aromatic nitrogens is 3. The molecule has 4 heterocycles. The summed E-state index contributed by atoms with van der Waals surface area (Å²) >= 11 is 0. The summed E-state index contributed by atoms with van der Waals surface area (Å²) in [5.74, 6) is 3.33. The van der Waals surface area contributed by atoms with Crippen LogP contribution in [0.1, 0.15) is 57.2 Å². The van der Waals surface area contributed by atoms with Crippen molar-refractivity contribution in [2.24, 2.45) is 11.8 Å². The van der Waals surface area contributed by atoms with Crippen molar-refractivity contribution in [2.45, 2.75) is 63.9 Å². The van der Waals surface area contributed by atoms with E-state index >= 15 is 0 Å². The van der Waals surface area contributed by atoms with Crippen molar-refractivity contribution in [3.05, 3.63) is 48.5 Å². The zero-order valence-corrected chi connectivity index (χ0v) is 24.6. The highest BCUT2D eigenvalue weighted by molar-refractivity contribution is 5.94. The van der Waals surface area contributed by atoms with Crippen molar-refractivity contribution < 1.29 is 9.90 Å². The van der Waals surface area contributed by atoms with Gasteiger partial charge in [-0.25, -0.2) is 9.97 Å². The second kappa shape index (κ2) is 13.2. The predicted octanol–water partition coefficient (Wildman–Crippen LogP) is 4.18. The number of aliphatic hydroxyl groups excluding tert-OH is 1. The van der Waals surface area contributed by atoms with Gasteiger partial charge in [-0.15, -0.1) is 0 Å². The number of nitrogens with zero attached hydrogens (tertiary/aromatic N) is 7. The van der Waals surface area contributed by atoms with E-state index in [1.165, 1.54) is 49.7 Å². The SMILES string of the molecule is N#CCC(=O)N1CCN(c2cccc3c2ccn3-c2ccnc(CCCC3CCC(CN4CCC(O)C4)CC3)n2)CC1. The smallest absolute Gasteiger partial charge is 0.236 e. The maximum Gasteiger partial charge on any atom is 0.236 e. The largest absolute Gasteiger partial charge is 0.392 e. The molecule has 1 aromatic carbocycles. The van der Waals surface area contributed by atoms with Gasteiger partial charge in [0.05, 0.1) is 17.7 Å². The Hall–Kier alpha value is -3.48. The van der Waals surface area contributed by atoms with Gasteiger partial charge < -0.3 is 24.4 Å². The fraction of sp³-hybridized carbons (Fsp3) is 0.576. The van der Waals surface area contributed by atoms with E-state index in [2.05, 4.69) is 49.8 Å². The molecule has 1 saturated carbocycles. The maximum atomic E-state index is 12.1. The number of rotatable bonds is 9. The second-order valence-electron chi connectivity index (χ2n) is 12.4. The van der Waals surface area contributed by atoms with Crippen LogP contribution < -0.4 is 4.90 Å². The number of amides is 1. The van der Waals surface area contributed by atoms with E-state index in [1.807, 2.05) is 18.3 Å². The number of anilines is 1. The molecule has 1 N–H and O–H groups in total. The maximum absolute atomic E-state index is 12.1. The minimum absolute atomic E-state index is 0.0493. The zero-order chi connectivity index (χ0) is 28.9. The Morgan fingerprint density at radius 1 is 1.00 bits per heavy atom. The minimum atomic E-state index is -0.113. The van der Waals surface area contributed by atoms with E-state index in [4.69, 9.17) is 10.2 Å². The van der Waals surface area contributed by atoms with Crippen LogP contribution >= 0.6 is 0 Å². The molecule has 2 aliphatic heterocycles. The summed E-state index contributed by atoms with van der Waals surface area (Å²) in [6.45, 7) is 5.87. The third-order valence-corrected chi connectivity index (χ3v) is 9.59. The monoisotopic (exact) mass is 569 g/mol. The molecule has 0 bridgehead atoms. The number of fused-ring (bicyclic) bond motifs is 1. The highest BCUT2D eigenvalue weighted by Crippen LogP contribution is 2.33. The van der Waals surface area contributed by atoms with Crippen LogP contribution in [0.3, 0.4) is 0 Å². The number of β-amino-alcohol motifs (C(OH)–C–C–N with tert-alkyl or cyclic N) is 1.